The minimum absolute atomic E-state index is 0.0299. The average Bonchev–Trinajstić information content (AvgIpc) is 2.71. The number of benzene rings is 2. The number of hydrogen-bond acceptors (Lipinski definition) is 6. The highest BCUT2D eigenvalue weighted by atomic mass is 32.2. The topological polar surface area (TPSA) is 94.2 Å². The molecule has 0 heterocycles. The predicted molar refractivity (Wildman–Crippen MR) is 99.2 cm³/mol. The maximum Gasteiger partial charge on any atom is 0.387 e. The molecule has 8 nitrogen and oxygen atoms in total. The number of carbonyl (C=O) groups excluding carboxylic acids is 1. The second-order valence-corrected chi connectivity index (χ2v) is 7.60. The van der Waals surface area contributed by atoms with Crippen molar-refractivity contribution in [2.45, 2.75) is 18.1 Å². The van der Waals surface area contributed by atoms with Crippen LogP contribution in [0.2, 0.25) is 0 Å². The van der Waals surface area contributed by atoms with Crippen molar-refractivity contribution in [3.63, 3.8) is 0 Å². The molecule has 0 aliphatic heterocycles. The number of ether oxygens (including phenoxy) is 2. The molecule has 0 aliphatic rings. The van der Waals surface area contributed by atoms with Crippen molar-refractivity contribution in [3.05, 3.63) is 53.6 Å². The van der Waals surface area contributed by atoms with Gasteiger partial charge in [0.15, 0.2) is 11.5 Å². The summed E-state index contributed by atoms with van der Waals surface area (Å²) in [5.41, 5.74) is 0.839. The quantitative estimate of drug-likeness (QED) is 0.614. The Bertz CT molecular complexity index is 951. The maximum absolute atomic E-state index is 12.4. The minimum Gasteiger partial charge on any atom is -0.493 e. The van der Waals surface area contributed by atoms with Crippen molar-refractivity contribution in [2.75, 3.05) is 21.3 Å². The molecule has 29 heavy (non-hydrogen) atoms. The van der Waals surface area contributed by atoms with E-state index in [2.05, 4.69) is 14.9 Å². The van der Waals surface area contributed by atoms with Crippen LogP contribution in [-0.4, -0.2) is 46.7 Å². The Balaban J connectivity index is 2.06. The van der Waals surface area contributed by atoms with Crippen LogP contribution in [0.15, 0.2) is 47.4 Å². The summed E-state index contributed by atoms with van der Waals surface area (Å²) < 4.78 is 59.1. The highest BCUT2D eigenvalue weighted by Crippen LogP contribution is 2.29. The SMILES string of the molecule is COc1cc(CNC(=O)c2ccc(S(=O)(=O)N(C)OC)cc2)ccc1OC(F)F. The van der Waals surface area contributed by atoms with Crippen LogP contribution in [0.3, 0.4) is 0 Å². The Morgan fingerprint density at radius 2 is 1.76 bits per heavy atom. The molecule has 0 saturated heterocycles. The Morgan fingerprint density at radius 1 is 1.10 bits per heavy atom. The Morgan fingerprint density at radius 3 is 2.31 bits per heavy atom. The lowest BCUT2D eigenvalue weighted by Gasteiger charge is -2.14. The van der Waals surface area contributed by atoms with Crippen LogP contribution < -0.4 is 14.8 Å². The molecule has 0 aromatic heterocycles. The van der Waals surface area contributed by atoms with Gasteiger partial charge < -0.3 is 14.8 Å². The molecule has 2 aromatic rings. The van der Waals surface area contributed by atoms with Gasteiger partial charge >= 0.3 is 6.61 Å². The van der Waals surface area contributed by atoms with Gasteiger partial charge in [-0.3, -0.25) is 9.63 Å². The molecule has 0 atom stereocenters. The van der Waals surface area contributed by atoms with Gasteiger partial charge in [0.05, 0.1) is 19.1 Å². The molecule has 0 spiro atoms. The van der Waals surface area contributed by atoms with E-state index in [0.717, 1.165) is 0 Å². The first-order valence-corrected chi connectivity index (χ1v) is 9.66. The molecular formula is C18H20F2N2O6S. The van der Waals surface area contributed by atoms with Gasteiger partial charge in [0.2, 0.25) is 0 Å². The number of nitrogens with one attached hydrogen (secondary N) is 1. The second kappa shape index (κ2) is 9.63. The Kier molecular flexibility index (Phi) is 7.48. The van der Waals surface area contributed by atoms with Crippen molar-refractivity contribution < 1.29 is 36.3 Å². The molecule has 1 amide bonds. The number of carbonyl (C=O) groups is 1. The van der Waals surface area contributed by atoms with Crippen LogP contribution in [0, 0.1) is 0 Å². The molecule has 0 unspecified atom stereocenters. The largest absolute Gasteiger partial charge is 0.493 e. The fraction of sp³-hybridized carbons (Fsp3) is 0.278. The molecule has 2 rings (SSSR count). The van der Waals surface area contributed by atoms with Crippen LogP contribution in [0.5, 0.6) is 11.5 Å². The Hall–Kier alpha value is -2.76. The van der Waals surface area contributed by atoms with Gasteiger partial charge in [-0.05, 0) is 42.0 Å². The zero-order valence-corrected chi connectivity index (χ0v) is 16.7. The van der Waals surface area contributed by atoms with Gasteiger partial charge in [0, 0.05) is 19.2 Å². The Labute approximate surface area is 167 Å². The summed E-state index contributed by atoms with van der Waals surface area (Å²) in [6.07, 6.45) is 0. The summed E-state index contributed by atoms with van der Waals surface area (Å²) in [5.74, 6) is -0.454. The third kappa shape index (κ3) is 5.62. The van der Waals surface area contributed by atoms with Crippen LogP contribution in [-0.2, 0) is 21.4 Å². The number of amides is 1. The average molecular weight is 430 g/mol. The lowest BCUT2D eigenvalue weighted by Crippen LogP contribution is -2.26. The zero-order valence-electron chi connectivity index (χ0n) is 15.9. The third-order valence-electron chi connectivity index (χ3n) is 3.91. The molecule has 1 N–H and O–H groups in total. The number of nitrogens with zero attached hydrogens (tertiary/aromatic N) is 1. The van der Waals surface area contributed by atoms with Gasteiger partial charge in [-0.15, -0.1) is 0 Å². The van der Waals surface area contributed by atoms with E-state index >= 15 is 0 Å². The van der Waals surface area contributed by atoms with Gasteiger partial charge in [0.1, 0.15) is 0 Å². The minimum atomic E-state index is -3.81. The van der Waals surface area contributed by atoms with E-state index in [1.165, 1.54) is 63.7 Å². The van der Waals surface area contributed by atoms with Gasteiger partial charge in [-0.1, -0.05) is 10.5 Å². The molecule has 0 fully saturated rings. The standard InChI is InChI=1S/C18H20F2N2O6S/c1-22(27-3)29(24,25)14-7-5-13(6-8-14)17(23)21-11-12-4-9-15(28-18(19)20)16(10-12)26-2/h4-10,18H,11H2,1-3H3,(H,21,23). The summed E-state index contributed by atoms with van der Waals surface area (Å²) in [5, 5.41) is 2.65. The third-order valence-corrected chi connectivity index (χ3v) is 5.60. The monoisotopic (exact) mass is 430 g/mol. The van der Waals surface area contributed by atoms with E-state index in [0.29, 0.717) is 10.0 Å². The fourth-order valence-corrected chi connectivity index (χ4v) is 3.30. The number of halogens is 2. The van der Waals surface area contributed by atoms with Crippen LogP contribution in [0.1, 0.15) is 15.9 Å². The lowest BCUT2D eigenvalue weighted by molar-refractivity contribution is -0.0512. The van der Waals surface area contributed by atoms with E-state index in [4.69, 9.17) is 4.74 Å². The molecule has 0 saturated carbocycles. The molecular weight excluding hydrogens is 410 g/mol. The highest BCUT2D eigenvalue weighted by molar-refractivity contribution is 7.89. The maximum atomic E-state index is 12.4. The van der Waals surface area contributed by atoms with Crippen LogP contribution >= 0.6 is 0 Å². The number of sulfonamides is 1. The van der Waals surface area contributed by atoms with E-state index in [9.17, 15) is 22.0 Å². The van der Waals surface area contributed by atoms with Crippen molar-refractivity contribution in [1.29, 1.82) is 0 Å². The van der Waals surface area contributed by atoms with Gasteiger partial charge in [-0.2, -0.15) is 8.78 Å². The highest BCUT2D eigenvalue weighted by Gasteiger charge is 2.21. The van der Waals surface area contributed by atoms with Gasteiger partial charge in [-0.25, -0.2) is 8.42 Å². The van der Waals surface area contributed by atoms with Gasteiger partial charge in [0.25, 0.3) is 15.9 Å². The summed E-state index contributed by atoms with van der Waals surface area (Å²) in [4.78, 5) is 16.9. The number of rotatable bonds is 9. The van der Waals surface area contributed by atoms with Crippen molar-refractivity contribution in [3.8, 4) is 11.5 Å². The molecule has 2 aromatic carbocycles. The van der Waals surface area contributed by atoms with Crippen molar-refractivity contribution in [2.24, 2.45) is 0 Å². The lowest BCUT2D eigenvalue weighted by atomic mass is 10.1. The molecule has 0 aliphatic carbocycles. The first-order valence-electron chi connectivity index (χ1n) is 8.22. The van der Waals surface area contributed by atoms with Crippen molar-refractivity contribution >= 4 is 15.9 Å². The van der Waals surface area contributed by atoms with Crippen LogP contribution in [0.4, 0.5) is 8.78 Å². The summed E-state index contributed by atoms with van der Waals surface area (Å²) >= 11 is 0. The van der Waals surface area contributed by atoms with E-state index < -0.39 is 22.5 Å². The predicted octanol–water partition coefficient (Wildman–Crippen LogP) is 2.41. The summed E-state index contributed by atoms with van der Waals surface area (Å²) in [6, 6.07) is 9.61. The normalized spacial score (nSPS) is 11.6. The number of hydroxylamine groups is 1. The molecule has 158 valence electrons. The number of methoxy groups -OCH3 is 1. The second-order valence-electron chi connectivity index (χ2n) is 5.67. The van der Waals surface area contributed by atoms with E-state index in [-0.39, 0.29) is 28.5 Å². The number of hydrogen-bond donors (Lipinski definition) is 1. The van der Waals surface area contributed by atoms with E-state index in [1.54, 1.807) is 0 Å². The summed E-state index contributed by atoms with van der Waals surface area (Å²) in [7, 11) is -0.0203. The first-order chi connectivity index (χ1) is 13.7. The molecule has 0 bridgehead atoms. The van der Waals surface area contributed by atoms with Crippen molar-refractivity contribution in [1.82, 2.24) is 9.79 Å². The number of alkyl halides is 2. The molecule has 11 heteroatoms. The summed E-state index contributed by atoms with van der Waals surface area (Å²) in [6.45, 7) is -2.89. The molecule has 0 radical (unpaired) electrons. The smallest absolute Gasteiger partial charge is 0.387 e. The van der Waals surface area contributed by atoms with Crippen LogP contribution in [0.25, 0.3) is 0 Å². The van der Waals surface area contributed by atoms with E-state index in [1.807, 2.05) is 0 Å². The fourth-order valence-electron chi connectivity index (χ4n) is 2.32. The first kappa shape index (κ1) is 22.5. The zero-order chi connectivity index (χ0) is 21.6.